The van der Waals surface area contributed by atoms with Gasteiger partial charge in [-0.3, -0.25) is 4.90 Å². The summed E-state index contributed by atoms with van der Waals surface area (Å²) in [6.45, 7) is 3.02. The van der Waals surface area contributed by atoms with Crippen LogP contribution < -0.4 is 4.74 Å². The highest BCUT2D eigenvalue weighted by molar-refractivity contribution is 6.35. The Kier molecular flexibility index (Phi) is 7.54. The Hall–Kier alpha value is -1.94. The predicted octanol–water partition coefficient (Wildman–Crippen LogP) is 5.51. The first-order valence-electron chi connectivity index (χ1n) is 13.7. The van der Waals surface area contributed by atoms with Crippen molar-refractivity contribution in [2.75, 3.05) is 26.4 Å². The fourth-order valence-electron chi connectivity index (χ4n) is 6.72. The molecule has 210 valence electrons. The smallest absolute Gasteiger partial charge is 0.338 e. The zero-order valence-electron chi connectivity index (χ0n) is 21.6. The van der Waals surface area contributed by atoms with Crippen LogP contribution >= 0.6 is 23.2 Å². The van der Waals surface area contributed by atoms with E-state index in [1.54, 1.807) is 12.1 Å². The molecule has 0 bridgehead atoms. The van der Waals surface area contributed by atoms with E-state index in [9.17, 15) is 19.4 Å². The molecule has 0 amide bonds. The monoisotopic (exact) mass is 578 g/mol. The molecule has 0 aromatic heterocycles. The van der Waals surface area contributed by atoms with Gasteiger partial charge in [0.2, 0.25) is 0 Å². The van der Waals surface area contributed by atoms with Crippen LogP contribution in [0.15, 0.2) is 30.3 Å². The van der Waals surface area contributed by atoms with Gasteiger partial charge in [-0.05, 0) is 93.3 Å². The predicted molar refractivity (Wildman–Crippen MR) is 145 cm³/mol. The van der Waals surface area contributed by atoms with Gasteiger partial charge in [-0.25, -0.2) is 14.1 Å². The molecule has 0 radical (unpaired) electrons. The minimum Gasteiger partial charge on any atom is -0.478 e. The van der Waals surface area contributed by atoms with Crippen molar-refractivity contribution in [3.05, 3.63) is 62.9 Å². The van der Waals surface area contributed by atoms with Gasteiger partial charge in [0.1, 0.15) is 30.1 Å². The van der Waals surface area contributed by atoms with E-state index >= 15 is 0 Å². The molecule has 39 heavy (non-hydrogen) atoms. The number of nitrogens with zero attached hydrogens (tertiary/aromatic N) is 2. The molecule has 1 saturated carbocycles. The van der Waals surface area contributed by atoms with Crippen molar-refractivity contribution in [1.29, 1.82) is 0 Å². The second kappa shape index (κ2) is 10.8. The number of halogens is 3. The molecule has 2 aromatic carbocycles. The number of ether oxygens (including phenoxy) is 2. The Balaban J connectivity index is 1.08. The molecular formula is C29H33Cl2FN2O5. The summed E-state index contributed by atoms with van der Waals surface area (Å²) in [7, 11) is 0. The summed E-state index contributed by atoms with van der Waals surface area (Å²) in [5.74, 6) is -0.776. The number of hydrogen-bond acceptors (Lipinski definition) is 6. The number of carboxylic acids is 1. The van der Waals surface area contributed by atoms with E-state index in [0.29, 0.717) is 34.9 Å². The minimum atomic E-state index is -1.24. The largest absolute Gasteiger partial charge is 0.478 e. The number of rotatable bonds is 6. The summed E-state index contributed by atoms with van der Waals surface area (Å²) in [6.07, 6.45) is 4.76. The van der Waals surface area contributed by atoms with Crippen LogP contribution in [-0.2, 0) is 11.3 Å². The Morgan fingerprint density at radius 1 is 1.10 bits per heavy atom. The van der Waals surface area contributed by atoms with Crippen molar-refractivity contribution in [2.45, 2.75) is 68.9 Å². The van der Waals surface area contributed by atoms with E-state index in [1.165, 1.54) is 12.1 Å². The van der Waals surface area contributed by atoms with Gasteiger partial charge >= 0.3 is 5.97 Å². The number of likely N-dealkylation sites (tertiary alicyclic amines) is 1. The maximum absolute atomic E-state index is 13.8. The Morgan fingerprint density at radius 2 is 1.87 bits per heavy atom. The second-order valence-electron chi connectivity index (χ2n) is 11.4. The van der Waals surface area contributed by atoms with Crippen LogP contribution in [0, 0.1) is 11.7 Å². The van der Waals surface area contributed by atoms with Gasteiger partial charge in [-0.1, -0.05) is 29.3 Å². The third kappa shape index (κ3) is 5.27. The Morgan fingerprint density at radius 3 is 2.54 bits per heavy atom. The summed E-state index contributed by atoms with van der Waals surface area (Å²) in [5, 5.41) is 21.9. The van der Waals surface area contributed by atoms with Crippen LogP contribution in [0.4, 0.5) is 4.39 Å². The van der Waals surface area contributed by atoms with Gasteiger partial charge in [-0.2, -0.15) is 0 Å². The summed E-state index contributed by atoms with van der Waals surface area (Å²) >= 11 is 12.5. The molecule has 1 aliphatic carbocycles. The van der Waals surface area contributed by atoms with Gasteiger partial charge in [0, 0.05) is 23.2 Å². The third-order valence-corrected chi connectivity index (χ3v) is 9.53. The molecule has 3 heterocycles. The summed E-state index contributed by atoms with van der Waals surface area (Å²) in [6, 6.07) is 8.22. The summed E-state index contributed by atoms with van der Waals surface area (Å²) in [5.41, 5.74) is 0.854. The van der Waals surface area contributed by atoms with Crippen LogP contribution in [0.25, 0.3) is 0 Å². The van der Waals surface area contributed by atoms with Crippen LogP contribution in [0.1, 0.15) is 65.9 Å². The number of aromatic carboxylic acids is 1. The minimum absolute atomic E-state index is 0.209. The molecule has 10 heteroatoms. The normalized spacial score (nSPS) is 27.5. The van der Waals surface area contributed by atoms with Crippen LogP contribution in [0.5, 0.6) is 5.75 Å². The standard InChI is InChI=1S/C29H33Cl2FN2O5/c30-21-11-19-14-34(16-38-26(19)24(31)13-21)28(37)29(20-2-3-20)8-5-22(15-39-29)33-9-6-17(7-10-33)18-1-4-25(32)23(12-18)27(35)36/h1,4,11-13,17,20,22,28,37H,2-3,5-10,14-16H2,(H,35,36)/t22-,28?,29+/m1/s1. The topological polar surface area (TPSA) is 82.5 Å². The van der Waals surface area contributed by atoms with Crippen LogP contribution in [-0.4, -0.2) is 70.3 Å². The lowest BCUT2D eigenvalue weighted by molar-refractivity contribution is -0.231. The molecule has 2 aromatic rings. The average Bonchev–Trinajstić information content (AvgIpc) is 3.79. The second-order valence-corrected chi connectivity index (χ2v) is 12.2. The number of benzene rings is 2. The van der Waals surface area contributed by atoms with Crippen molar-refractivity contribution < 1.29 is 28.9 Å². The zero-order chi connectivity index (χ0) is 27.3. The number of carbonyl (C=O) groups is 1. The van der Waals surface area contributed by atoms with E-state index in [0.717, 1.165) is 62.7 Å². The van der Waals surface area contributed by atoms with Crippen molar-refractivity contribution in [2.24, 2.45) is 5.92 Å². The lowest BCUT2D eigenvalue weighted by atomic mass is 9.83. The highest BCUT2D eigenvalue weighted by Crippen LogP contribution is 2.50. The first-order chi connectivity index (χ1) is 18.7. The molecule has 3 atom stereocenters. The van der Waals surface area contributed by atoms with Gasteiger partial charge in [0.25, 0.3) is 0 Å². The lowest BCUT2D eigenvalue weighted by Crippen LogP contribution is -2.61. The van der Waals surface area contributed by atoms with E-state index < -0.39 is 23.6 Å². The van der Waals surface area contributed by atoms with E-state index in [-0.39, 0.29) is 24.3 Å². The number of fused-ring (bicyclic) bond motifs is 1. The van der Waals surface area contributed by atoms with Gasteiger partial charge in [0.15, 0.2) is 0 Å². The Bertz CT molecular complexity index is 1240. The highest BCUT2D eigenvalue weighted by Gasteiger charge is 2.55. The van der Waals surface area contributed by atoms with Crippen LogP contribution in [0.2, 0.25) is 10.0 Å². The molecule has 3 aliphatic heterocycles. The van der Waals surface area contributed by atoms with Crippen molar-refractivity contribution in [1.82, 2.24) is 9.80 Å². The summed E-state index contributed by atoms with van der Waals surface area (Å²) in [4.78, 5) is 15.7. The molecule has 1 unspecified atom stereocenters. The average molecular weight is 579 g/mol. The fourth-order valence-corrected chi connectivity index (χ4v) is 7.31. The SMILES string of the molecule is O=C(O)c1cc(C2CCN([C@@H]3CC[C@](C4CC4)(C(O)N4COc5c(Cl)cc(Cl)cc5C4)OC3)CC2)ccc1F. The molecule has 0 spiro atoms. The highest BCUT2D eigenvalue weighted by atomic mass is 35.5. The van der Waals surface area contributed by atoms with Crippen LogP contribution in [0.3, 0.4) is 0 Å². The quantitative estimate of drug-likeness (QED) is 0.467. The summed E-state index contributed by atoms with van der Waals surface area (Å²) < 4.78 is 26.4. The molecule has 2 saturated heterocycles. The van der Waals surface area contributed by atoms with Crippen molar-refractivity contribution in [3.63, 3.8) is 0 Å². The van der Waals surface area contributed by atoms with Gasteiger partial charge in [0.05, 0.1) is 17.2 Å². The van der Waals surface area contributed by atoms with E-state index in [4.69, 9.17) is 32.7 Å². The molecular weight excluding hydrogens is 546 g/mol. The maximum Gasteiger partial charge on any atom is 0.338 e. The van der Waals surface area contributed by atoms with Crippen molar-refractivity contribution in [3.8, 4) is 5.75 Å². The van der Waals surface area contributed by atoms with E-state index in [1.807, 2.05) is 11.0 Å². The van der Waals surface area contributed by atoms with Gasteiger partial charge < -0.3 is 19.7 Å². The van der Waals surface area contributed by atoms with Gasteiger partial charge in [-0.15, -0.1) is 0 Å². The third-order valence-electron chi connectivity index (χ3n) is 9.04. The molecule has 3 fully saturated rings. The molecule has 7 nitrogen and oxygen atoms in total. The van der Waals surface area contributed by atoms with E-state index in [2.05, 4.69) is 4.90 Å². The fraction of sp³-hybridized carbons (Fsp3) is 0.552. The molecule has 4 aliphatic rings. The first-order valence-corrected chi connectivity index (χ1v) is 14.4. The number of hydrogen-bond donors (Lipinski definition) is 2. The first kappa shape index (κ1) is 27.2. The zero-order valence-corrected chi connectivity index (χ0v) is 23.1. The van der Waals surface area contributed by atoms with Crippen molar-refractivity contribution >= 4 is 29.2 Å². The number of piperidine rings is 1. The molecule has 2 N–H and O–H groups in total. The maximum atomic E-state index is 13.8. The number of carboxylic acid groups (broad SMARTS) is 1. The number of aliphatic hydroxyl groups excluding tert-OH is 1. The Labute approximate surface area is 237 Å². The lowest BCUT2D eigenvalue weighted by Gasteiger charge is -2.50. The molecule has 6 rings (SSSR count). The number of aliphatic hydroxyl groups is 1.